The lowest BCUT2D eigenvalue weighted by Crippen LogP contribution is -2.19. The van der Waals surface area contributed by atoms with Crippen LogP contribution in [0.25, 0.3) is 0 Å². The van der Waals surface area contributed by atoms with Crippen molar-refractivity contribution in [2.45, 2.75) is 38.6 Å². The summed E-state index contributed by atoms with van der Waals surface area (Å²) in [5.41, 5.74) is 1.62. The molecule has 0 radical (unpaired) electrons. The second-order valence-electron chi connectivity index (χ2n) is 4.20. The molecule has 0 saturated carbocycles. The van der Waals surface area contributed by atoms with E-state index in [1.807, 2.05) is 12.1 Å². The van der Waals surface area contributed by atoms with Gasteiger partial charge in [0.15, 0.2) is 0 Å². The fraction of sp³-hybridized carbons (Fsp3) is 0.538. The molecule has 0 amide bonds. The Morgan fingerprint density at radius 2 is 2.47 bits per heavy atom. The molecule has 2 rings (SSSR count). The van der Waals surface area contributed by atoms with E-state index in [2.05, 4.69) is 18.3 Å². The summed E-state index contributed by atoms with van der Waals surface area (Å²) in [5, 5.41) is 3.48. The van der Waals surface area contributed by atoms with Crippen molar-refractivity contribution in [2.75, 3.05) is 6.54 Å². The van der Waals surface area contributed by atoms with Gasteiger partial charge in [-0.1, -0.05) is 11.6 Å². The van der Waals surface area contributed by atoms with Gasteiger partial charge < -0.3 is 9.73 Å². The van der Waals surface area contributed by atoms with Gasteiger partial charge in [0.2, 0.25) is 0 Å². The molecule has 1 aromatic rings. The summed E-state index contributed by atoms with van der Waals surface area (Å²) in [7, 11) is 0. The van der Waals surface area contributed by atoms with Crippen LogP contribution in [-0.2, 0) is 0 Å². The number of hydrogen-bond donors (Lipinski definition) is 1. The summed E-state index contributed by atoms with van der Waals surface area (Å²) in [6.45, 7) is 3.19. The van der Waals surface area contributed by atoms with Crippen LogP contribution >= 0.6 is 0 Å². The van der Waals surface area contributed by atoms with Crippen LogP contribution in [0.4, 0.5) is 0 Å². The van der Waals surface area contributed by atoms with Crippen LogP contribution in [0.1, 0.15) is 44.4 Å². The van der Waals surface area contributed by atoms with Crippen LogP contribution in [-0.4, -0.2) is 6.54 Å². The lowest BCUT2D eigenvalue weighted by molar-refractivity contribution is 0.432. The highest BCUT2D eigenvalue weighted by Crippen LogP contribution is 2.20. The average Bonchev–Trinajstić information content (AvgIpc) is 2.90. The predicted octanol–water partition coefficient (Wildman–Crippen LogP) is 3.43. The maximum Gasteiger partial charge on any atom is 0.120 e. The normalized spacial score (nSPS) is 17.8. The first-order valence-electron chi connectivity index (χ1n) is 5.81. The van der Waals surface area contributed by atoms with Gasteiger partial charge in [0, 0.05) is 0 Å². The van der Waals surface area contributed by atoms with E-state index in [4.69, 9.17) is 4.42 Å². The average molecular weight is 205 g/mol. The van der Waals surface area contributed by atoms with Gasteiger partial charge in [-0.2, -0.15) is 0 Å². The van der Waals surface area contributed by atoms with Crippen molar-refractivity contribution in [1.29, 1.82) is 0 Å². The molecule has 1 atom stereocenters. The van der Waals surface area contributed by atoms with E-state index in [0.29, 0.717) is 6.04 Å². The van der Waals surface area contributed by atoms with Crippen LogP contribution in [0, 0.1) is 0 Å². The van der Waals surface area contributed by atoms with E-state index in [0.717, 1.165) is 12.3 Å². The molecule has 1 N–H and O–H groups in total. The summed E-state index contributed by atoms with van der Waals surface area (Å²) in [6.07, 6.45) is 9.24. The predicted molar refractivity (Wildman–Crippen MR) is 61.7 cm³/mol. The van der Waals surface area contributed by atoms with Crippen LogP contribution in [0.2, 0.25) is 0 Å². The minimum absolute atomic E-state index is 0.321. The third-order valence-corrected chi connectivity index (χ3v) is 3.00. The second-order valence-corrected chi connectivity index (χ2v) is 4.20. The van der Waals surface area contributed by atoms with Crippen molar-refractivity contribution in [3.63, 3.8) is 0 Å². The molecule has 2 nitrogen and oxygen atoms in total. The summed E-state index contributed by atoms with van der Waals surface area (Å²) in [6, 6.07) is 4.28. The minimum Gasteiger partial charge on any atom is -0.468 e. The molecule has 0 spiro atoms. The van der Waals surface area contributed by atoms with Crippen molar-refractivity contribution >= 4 is 0 Å². The monoisotopic (exact) mass is 205 g/mol. The molecule has 1 aliphatic carbocycles. The van der Waals surface area contributed by atoms with E-state index < -0.39 is 0 Å². The summed E-state index contributed by atoms with van der Waals surface area (Å²) >= 11 is 0. The van der Waals surface area contributed by atoms with Crippen molar-refractivity contribution in [3.05, 3.63) is 35.8 Å². The highest BCUT2D eigenvalue weighted by molar-refractivity contribution is 5.08. The quantitative estimate of drug-likeness (QED) is 0.745. The number of hydrogen-bond acceptors (Lipinski definition) is 2. The zero-order valence-electron chi connectivity index (χ0n) is 9.33. The molecule has 82 valence electrons. The molecule has 2 heteroatoms. The first-order valence-corrected chi connectivity index (χ1v) is 5.81. The number of furan rings is 1. The first kappa shape index (κ1) is 10.5. The van der Waals surface area contributed by atoms with E-state index in [1.54, 1.807) is 11.8 Å². The Morgan fingerprint density at radius 3 is 3.13 bits per heavy atom. The molecule has 0 fully saturated rings. The Balaban J connectivity index is 1.69. The summed E-state index contributed by atoms with van der Waals surface area (Å²) in [5.74, 6) is 1.02. The zero-order valence-corrected chi connectivity index (χ0v) is 9.33. The van der Waals surface area contributed by atoms with E-state index in [1.165, 1.54) is 25.7 Å². The molecule has 1 aromatic heterocycles. The van der Waals surface area contributed by atoms with Crippen LogP contribution < -0.4 is 5.32 Å². The van der Waals surface area contributed by atoms with Gasteiger partial charge in [0.05, 0.1) is 12.3 Å². The molecular formula is C13H19NO. The van der Waals surface area contributed by atoms with Gasteiger partial charge in [0.25, 0.3) is 0 Å². The van der Waals surface area contributed by atoms with Crippen molar-refractivity contribution < 1.29 is 4.42 Å². The van der Waals surface area contributed by atoms with E-state index >= 15 is 0 Å². The van der Waals surface area contributed by atoms with Gasteiger partial charge in [0.1, 0.15) is 5.76 Å². The van der Waals surface area contributed by atoms with Gasteiger partial charge in [-0.25, -0.2) is 0 Å². The standard InChI is InChI=1S/C13H19NO/c1-11(13-7-4-10-15-13)14-9-8-12-5-2-3-6-12/h4-5,7,10-11,14H,2-3,6,8-9H2,1H3. The molecule has 1 heterocycles. The first-order chi connectivity index (χ1) is 7.36. The number of rotatable bonds is 5. The summed E-state index contributed by atoms with van der Waals surface area (Å²) in [4.78, 5) is 0. The van der Waals surface area contributed by atoms with Crippen LogP contribution in [0.5, 0.6) is 0 Å². The maximum atomic E-state index is 5.34. The highest BCUT2D eigenvalue weighted by Gasteiger charge is 2.08. The van der Waals surface area contributed by atoms with Gasteiger partial charge in [-0.15, -0.1) is 0 Å². The smallest absolute Gasteiger partial charge is 0.120 e. The van der Waals surface area contributed by atoms with Crippen molar-refractivity contribution in [3.8, 4) is 0 Å². The molecule has 0 bridgehead atoms. The van der Waals surface area contributed by atoms with Gasteiger partial charge in [-0.05, 0) is 51.3 Å². The summed E-state index contributed by atoms with van der Waals surface area (Å²) < 4.78 is 5.34. The molecular weight excluding hydrogens is 186 g/mol. The van der Waals surface area contributed by atoms with Crippen LogP contribution in [0.15, 0.2) is 34.5 Å². The Hall–Kier alpha value is -1.02. The maximum absolute atomic E-state index is 5.34. The topological polar surface area (TPSA) is 25.2 Å². The Kier molecular flexibility index (Phi) is 3.62. The molecule has 15 heavy (non-hydrogen) atoms. The highest BCUT2D eigenvalue weighted by atomic mass is 16.3. The number of allylic oxidation sites excluding steroid dienone is 1. The van der Waals surface area contributed by atoms with E-state index in [9.17, 15) is 0 Å². The van der Waals surface area contributed by atoms with E-state index in [-0.39, 0.29) is 0 Å². The molecule has 1 unspecified atom stereocenters. The largest absolute Gasteiger partial charge is 0.468 e. The lowest BCUT2D eigenvalue weighted by atomic mass is 10.1. The minimum atomic E-state index is 0.321. The molecule has 0 aliphatic heterocycles. The molecule has 0 saturated heterocycles. The van der Waals surface area contributed by atoms with Crippen molar-refractivity contribution in [1.82, 2.24) is 5.32 Å². The third-order valence-electron chi connectivity index (χ3n) is 3.00. The SMILES string of the molecule is CC(NCCC1=CCCC1)c1ccco1. The Morgan fingerprint density at radius 1 is 1.53 bits per heavy atom. The lowest BCUT2D eigenvalue weighted by Gasteiger charge is -2.11. The molecule has 0 aromatic carbocycles. The van der Waals surface area contributed by atoms with Gasteiger partial charge >= 0.3 is 0 Å². The molecule has 1 aliphatic rings. The van der Waals surface area contributed by atoms with Gasteiger partial charge in [-0.3, -0.25) is 0 Å². The Bertz CT molecular complexity index is 313. The van der Waals surface area contributed by atoms with Crippen molar-refractivity contribution in [2.24, 2.45) is 0 Å². The fourth-order valence-electron chi connectivity index (χ4n) is 2.05. The Labute approximate surface area is 91.4 Å². The zero-order chi connectivity index (χ0) is 10.5. The third kappa shape index (κ3) is 2.96. The number of nitrogens with one attached hydrogen (secondary N) is 1. The van der Waals surface area contributed by atoms with Crippen LogP contribution in [0.3, 0.4) is 0 Å². The fourth-order valence-corrected chi connectivity index (χ4v) is 2.05. The second kappa shape index (κ2) is 5.17.